The van der Waals surface area contributed by atoms with Crippen LogP contribution in [0.3, 0.4) is 0 Å². The third-order valence-electron chi connectivity index (χ3n) is 1.33. The quantitative estimate of drug-likeness (QED) is 0.102. The van der Waals surface area contributed by atoms with E-state index >= 15 is 0 Å². The number of rotatable bonds is 0. The van der Waals surface area contributed by atoms with Crippen molar-refractivity contribution in [1.82, 2.24) is 15.2 Å². The Hall–Kier alpha value is -1.10. The van der Waals surface area contributed by atoms with E-state index in [1.807, 2.05) is 12.1 Å². The van der Waals surface area contributed by atoms with Crippen LogP contribution in [0.4, 0.5) is 25.2 Å². The molecule has 0 aliphatic rings. The predicted octanol–water partition coefficient (Wildman–Crippen LogP) is 0.960. The average molecular weight is 735 g/mol. The van der Waals surface area contributed by atoms with E-state index in [1.165, 1.54) is 0 Å². The van der Waals surface area contributed by atoms with Crippen LogP contribution >= 0.6 is 47.4 Å². The van der Waals surface area contributed by atoms with Gasteiger partial charge in [-0.1, -0.05) is 17.0 Å². The molecule has 0 radical (unpaired) electrons. The monoisotopic (exact) mass is 735 g/mol. The van der Waals surface area contributed by atoms with Gasteiger partial charge in [-0.3, -0.25) is 58.7 Å². The van der Waals surface area contributed by atoms with E-state index in [9.17, 15) is 25.2 Å². The van der Waals surface area contributed by atoms with E-state index in [-0.39, 0.29) is 0 Å². The van der Waals surface area contributed by atoms with Crippen LogP contribution in [0.1, 0.15) is 0 Å². The maximum atomic E-state index is 10.4. The number of benzene rings is 1. The largest absolute Gasteiger partial charge is 0.507 e. The van der Waals surface area contributed by atoms with Gasteiger partial charge in [0.05, 0.1) is 0 Å². The highest BCUT2D eigenvalue weighted by Gasteiger charge is 2.07. The maximum Gasteiger partial charge on any atom is 0.507 e. The Kier molecular flexibility index (Phi) is 25.2. The predicted molar refractivity (Wildman–Crippen MR) is 114 cm³/mol. The first-order valence-corrected chi connectivity index (χ1v) is 16.4. The third kappa shape index (κ3) is 133. The molecule has 0 aliphatic carbocycles. The molecule has 0 saturated heterocycles. The number of halogens is 6. The summed E-state index contributed by atoms with van der Waals surface area (Å²) < 4.78 is 114. The van der Waals surface area contributed by atoms with E-state index in [1.54, 1.807) is 12.1 Å². The van der Waals surface area contributed by atoms with Gasteiger partial charge in [-0.15, -0.1) is 30.3 Å². The van der Waals surface area contributed by atoms with Gasteiger partial charge >= 0.3 is 47.4 Å². The molecule has 0 atom stereocenters. The number of aromatic nitrogens is 3. The Labute approximate surface area is 215 Å². The van der Waals surface area contributed by atoms with Crippen LogP contribution in [0.25, 0.3) is 11.0 Å². The molecular formula is C6H17F6N3O19P6. The molecule has 0 amide bonds. The fourth-order valence-corrected chi connectivity index (χ4v) is 0.857. The van der Waals surface area contributed by atoms with E-state index in [0.29, 0.717) is 11.0 Å². The standard InChI is InChI=1S/C6H5N3O.6FH2O3P/c10-9-6-4-2-1-3-5(6)7-8-9;6*1-5(2,3)4/h1-4,10H;6*(H2,2,3,4). The summed E-state index contributed by atoms with van der Waals surface area (Å²) in [4.78, 5) is 84.3. The first-order valence-electron chi connectivity index (χ1n) is 7.38. The topological polar surface area (TPSA) is 396 Å². The zero-order chi connectivity index (χ0) is 34.0. The number of nitrogens with zero attached hydrogens (tertiary/aromatic N) is 3. The van der Waals surface area contributed by atoms with E-state index in [2.05, 4.69) is 10.3 Å². The van der Waals surface area contributed by atoms with Crippen LogP contribution in [-0.2, 0) is 27.4 Å². The van der Waals surface area contributed by atoms with E-state index in [0.717, 1.165) is 4.85 Å². The highest BCUT2D eigenvalue weighted by Crippen LogP contribution is 2.37. The van der Waals surface area contributed by atoms with Gasteiger partial charge in [0.25, 0.3) is 0 Å². The molecule has 0 saturated carbocycles. The zero-order valence-electron chi connectivity index (χ0n) is 17.9. The highest BCUT2D eigenvalue weighted by molar-refractivity contribution is 7.46. The van der Waals surface area contributed by atoms with Crippen LogP contribution < -0.4 is 0 Å². The summed E-state index contributed by atoms with van der Waals surface area (Å²) in [6.45, 7) is 0. The van der Waals surface area contributed by atoms with Crippen molar-refractivity contribution in [2.45, 2.75) is 0 Å². The number of para-hydroxylation sites is 1. The first kappa shape index (κ1) is 48.6. The lowest BCUT2D eigenvalue weighted by atomic mass is 10.3. The van der Waals surface area contributed by atoms with E-state index < -0.39 is 47.4 Å². The minimum Gasteiger partial charge on any atom is -0.410 e. The molecular weight excluding hydrogens is 718 g/mol. The molecule has 1 aromatic carbocycles. The summed E-state index contributed by atoms with van der Waals surface area (Å²) in [5.41, 5.74) is 1.33. The molecule has 2 rings (SSSR count). The second-order valence-electron chi connectivity index (χ2n) is 4.81. The van der Waals surface area contributed by atoms with Crippen molar-refractivity contribution in [3.8, 4) is 0 Å². The fourth-order valence-electron chi connectivity index (χ4n) is 0.857. The van der Waals surface area contributed by atoms with Gasteiger partial charge in [-0.05, 0) is 17.3 Å². The maximum absolute atomic E-state index is 10.4. The summed E-state index contributed by atoms with van der Waals surface area (Å²) in [5, 5.41) is 16.1. The molecule has 0 spiro atoms. The Morgan fingerprint density at radius 2 is 0.700 bits per heavy atom. The van der Waals surface area contributed by atoms with Crippen molar-refractivity contribution in [2.75, 3.05) is 0 Å². The number of hydrogen-bond donors (Lipinski definition) is 13. The normalized spacial score (nSPS) is 11.4. The number of fused-ring (bicyclic) bond motifs is 1. The Morgan fingerprint density at radius 1 is 0.500 bits per heavy atom. The van der Waals surface area contributed by atoms with Gasteiger partial charge in [0.15, 0.2) is 0 Å². The van der Waals surface area contributed by atoms with Crippen molar-refractivity contribution < 1.29 is 116 Å². The summed E-state index contributed by atoms with van der Waals surface area (Å²) in [7, 11) is -30.8. The minimum absolute atomic E-state index is 0.627. The molecule has 2 aromatic rings. The van der Waals surface area contributed by atoms with E-state index in [4.69, 9.17) is 91.3 Å². The first-order chi connectivity index (χ1) is 16.9. The zero-order valence-corrected chi connectivity index (χ0v) is 23.2. The van der Waals surface area contributed by atoms with Crippen LogP contribution in [-0.4, -0.2) is 79.1 Å². The lowest BCUT2D eigenvalue weighted by Crippen LogP contribution is -1.90. The summed E-state index contributed by atoms with van der Waals surface area (Å²) in [5.74, 6) is 0. The molecule has 1 aromatic heterocycles. The van der Waals surface area contributed by atoms with Gasteiger partial charge in [0, 0.05) is 0 Å². The minimum atomic E-state index is -5.14. The van der Waals surface area contributed by atoms with Gasteiger partial charge in [0.2, 0.25) is 0 Å². The van der Waals surface area contributed by atoms with Crippen molar-refractivity contribution >= 4 is 58.5 Å². The number of hydrogen-bond acceptors (Lipinski definition) is 9. The molecule has 0 unspecified atom stereocenters. The van der Waals surface area contributed by atoms with Gasteiger partial charge in [-0.25, -0.2) is 27.4 Å². The van der Waals surface area contributed by atoms with Crippen molar-refractivity contribution in [3.63, 3.8) is 0 Å². The average Bonchev–Trinajstić information content (AvgIpc) is 2.87. The lowest BCUT2D eigenvalue weighted by Gasteiger charge is -1.85. The van der Waals surface area contributed by atoms with Crippen LogP contribution in [0.15, 0.2) is 24.3 Å². The Bertz CT molecular complexity index is 1040. The van der Waals surface area contributed by atoms with Gasteiger partial charge < -0.3 is 5.21 Å². The lowest BCUT2D eigenvalue weighted by molar-refractivity contribution is 0.154. The summed E-state index contributed by atoms with van der Waals surface area (Å²) in [6, 6.07) is 7.19. The SMILES string of the molecule is O=P(O)(O)F.O=P(O)(O)F.O=P(O)(O)F.O=P(O)(O)F.O=P(O)(O)F.O=P(O)(O)F.On1nnc2ccccc21. The Balaban J connectivity index is -0.000000123. The smallest absolute Gasteiger partial charge is 0.410 e. The Morgan fingerprint density at radius 3 is 0.900 bits per heavy atom. The van der Waals surface area contributed by atoms with Crippen molar-refractivity contribution in [2.24, 2.45) is 0 Å². The van der Waals surface area contributed by atoms with Gasteiger partial charge in [0.1, 0.15) is 11.0 Å². The summed E-state index contributed by atoms with van der Waals surface area (Å²) >= 11 is 0. The second-order valence-corrected chi connectivity index (χ2v) is 10.5. The highest BCUT2D eigenvalue weighted by atomic mass is 31.2. The molecule has 1 heterocycles. The molecule has 0 fully saturated rings. The second kappa shape index (κ2) is 20.7. The van der Waals surface area contributed by atoms with Crippen molar-refractivity contribution in [3.05, 3.63) is 24.3 Å². The van der Waals surface area contributed by atoms with Crippen molar-refractivity contribution in [1.29, 1.82) is 0 Å². The van der Waals surface area contributed by atoms with Crippen LogP contribution in [0.5, 0.6) is 0 Å². The molecule has 40 heavy (non-hydrogen) atoms. The molecule has 34 heteroatoms. The van der Waals surface area contributed by atoms with Crippen LogP contribution in [0.2, 0.25) is 0 Å². The third-order valence-corrected chi connectivity index (χ3v) is 1.33. The molecule has 0 bridgehead atoms. The molecule has 13 N–H and O–H groups in total. The molecule has 242 valence electrons. The molecule has 0 aliphatic heterocycles. The molecule has 22 nitrogen and oxygen atoms in total. The van der Waals surface area contributed by atoms with Crippen LogP contribution in [0, 0.1) is 0 Å². The summed E-state index contributed by atoms with van der Waals surface area (Å²) in [6.07, 6.45) is 0. The fraction of sp³-hybridized carbons (Fsp3) is 0. The van der Waals surface area contributed by atoms with Gasteiger partial charge in [-0.2, -0.15) is 0 Å².